The zero-order chi connectivity index (χ0) is 15.6. The molecular formula is C15H19ClN4OS. The third kappa shape index (κ3) is 3.57. The third-order valence-electron chi connectivity index (χ3n) is 3.67. The van der Waals surface area contributed by atoms with Gasteiger partial charge in [-0.25, -0.2) is 9.97 Å². The predicted octanol–water partition coefficient (Wildman–Crippen LogP) is 2.44. The minimum atomic E-state index is -0.499. The largest absolute Gasteiger partial charge is 0.378 e. The number of ether oxygens (including phenoxy) is 1. The van der Waals surface area contributed by atoms with Crippen molar-refractivity contribution in [1.29, 1.82) is 0 Å². The van der Waals surface area contributed by atoms with Crippen LogP contribution in [0.4, 0.5) is 5.82 Å². The fraction of sp³-hybridized carbons (Fsp3) is 0.467. The Labute approximate surface area is 139 Å². The lowest BCUT2D eigenvalue weighted by Crippen LogP contribution is -2.38. The standard InChI is InChI=1S/C15H19ClN4OS/c1-15(17,11-3-2-8-22-11)10-13-18-12(16)9-14(19-13)20-4-6-21-7-5-20/h2-3,8-9H,4-7,10,17H2,1H3. The summed E-state index contributed by atoms with van der Waals surface area (Å²) in [5.41, 5.74) is 5.95. The summed E-state index contributed by atoms with van der Waals surface area (Å²) in [4.78, 5) is 12.3. The van der Waals surface area contributed by atoms with E-state index < -0.39 is 5.54 Å². The number of aromatic nitrogens is 2. The highest BCUT2D eigenvalue weighted by Crippen LogP contribution is 2.27. The highest BCUT2D eigenvalue weighted by atomic mass is 35.5. The molecule has 0 aromatic carbocycles. The average Bonchev–Trinajstić information content (AvgIpc) is 3.02. The number of morpholine rings is 1. The van der Waals surface area contributed by atoms with Gasteiger partial charge in [0, 0.05) is 30.5 Å². The Morgan fingerprint density at radius 3 is 2.86 bits per heavy atom. The number of thiophene rings is 1. The van der Waals surface area contributed by atoms with Gasteiger partial charge in [0.2, 0.25) is 0 Å². The average molecular weight is 339 g/mol. The maximum atomic E-state index is 6.45. The topological polar surface area (TPSA) is 64.3 Å². The number of hydrogen-bond acceptors (Lipinski definition) is 6. The molecule has 1 aliphatic rings. The van der Waals surface area contributed by atoms with Crippen molar-refractivity contribution in [3.05, 3.63) is 39.4 Å². The Morgan fingerprint density at radius 1 is 1.41 bits per heavy atom. The first-order chi connectivity index (χ1) is 10.5. The number of halogens is 1. The van der Waals surface area contributed by atoms with Crippen molar-refractivity contribution < 1.29 is 4.74 Å². The second-order valence-electron chi connectivity index (χ2n) is 5.64. The van der Waals surface area contributed by atoms with E-state index in [0.29, 0.717) is 30.6 Å². The zero-order valence-corrected chi connectivity index (χ0v) is 14.0. The predicted molar refractivity (Wildman–Crippen MR) is 89.6 cm³/mol. The molecule has 118 valence electrons. The van der Waals surface area contributed by atoms with Gasteiger partial charge in [0.15, 0.2) is 0 Å². The molecule has 3 heterocycles. The van der Waals surface area contributed by atoms with Gasteiger partial charge in [0.25, 0.3) is 0 Å². The normalized spacial score (nSPS) is 18.2. The van der Waals surface area contributed by atoms with Crippen LogP contribution in [0.2, 0.25) is 5.15 Å². The van der Waals surface area contributed by atoms with Crippen LogP contribution in [0.1, 0.15) is 17.6 Å². The first-order valence-electron chi connectivity index (χ1n) is 7.24. The highest BCUT2D eigenvalue weighted by Gasteiger charge is 2.25. The minimum Gasteiger partial charge on any atom is -0.378 e. The van der Waals surface area contributed by atoms with Crippen LogP contribution < -0.4 is 10.6 Å². The Kier molecular flexibility index (Phi) is 4.63. The van der Waals surface area contributed by atoms with Crippen molar-refractivity contribution in [2.75, 3.05) is 31.2 Å². The molecule has 5 nitrogen and oxygen atoms in total. The molecule has 1 atom stereocenters. The molecule has 0 radical (unpaired) electrons. The van der Waals surface area contributed by atoms with Crippen LogP contribution in [0.5, 0.6) is 0 Å². The maximum Gasteiger partial charge on any atom is 0.134 e. The summed E-state index contributed by atoms with van der Waals surface area (Å²) < 4.78 is 5.37. The molecule has 0 spiro atoms. The molecule has 1 aliphatic heterocycles. The molecule has 0 aliphatic carbocycles. The molecule has 1 unspecified atom stereocenters. The number of anilines is 1. The van der Waals surface area contributed by atoms with Gasteiger partial charge in [-0.2, -0.15) is 0 Å². The smallest absolute Gasteiger partial charge is 0.134 e. The molecule has 1 fully saturated rings. The lowest BCUT2D eigenvalue weighted by Gasteiger charge is -2.28. The van der Waals surface area contributed by atoms with Crippen LogP contribution in [0.25, 0.3) is 0 Å². The summed E-state index contributed by atoms with van der Waals surface area (Å²) in [6.45, 7) is 5.05. The lowest BCUT2D eigenvalue weighted by atomic mass is 9.97. The Balaban J connectivity index is 1.83. The number of rotatable bonds is 4. The Hall–Kier alpha value is -1.21. The van der Waals surface area contributed by atoms with Crippen molar-refractivity contribution in [1.82, 2.24) is 9.97 Å². The first kappa shape index (κ1) is 15.7. The van der Waals surface area contributed by atoms with Gasteiger partial charge in [-0.1, -0.05) is 17.7 Å². The SMILES string of the molecule is CC(N)(Cc1nc(Cl)cc(N2CCOCC2)n1)c1cccs1. The molecule has 0 amide bonds. The van der Waals surface area contributed by atoms with Crippen molar-refractivity contribution >= 4 is 28.8 Å². The second-order valence-corrected chi connectivity index (χ2v) is 6.97. The molecular weight excluding hydrogens is 320 g/mol. The van der Waals surface area contributed by atoms with E-state index in [9.17, 15) is 0 Å². The van der Waals surface area contributed by atoms with Crippen LogP contribution in [0.15, 0.2) is 23.6 Å². The second kappa shape index (κ2) is 6.50. The third-order valence-corrected chi connectivity index (χ3v) is 5.02. The van der Waals surface area contributed by atoms with Gasteiger partial charge in [0.1, 0.15) is 16.8 Å². The number of nitrogens with two attached hydrogens (primary N) is 1. The van der Waals surface area contributed by atoms with Crippen LogP contribution in [0.3, 0.4) is 0 Å². The van der Waals surface area contributed by atoms with E-state index in [0.717, 1.165) is 23.8 Å². The molecule has 0 bridgehead atoms. The summed E-state index contributed by atoms with van der Waals surface area (Å²) in [6.07, 6.45) is 0.547. The molecule has 2 aromatic rings. The number of hydrogen-bond donors (Lipinski definition) is 1. The van der Waals surface area contributed by atoms with Crippen LogP contribution in [-0.2, 0) is 16.7 Å². The van der Waals surface area contributed by atoms with Gasteiger partial charge in [-0.15, -0.1) is 11.3 Å². The molecule has 7 heteroatoms. The van der Waals surface area contributed by atoms with Gasteiger partial charge < -0.3 is 15.4 Å². The van der Waals surface area contributed by atoms with Gasteiger partial charge in [-0.3, -0.25) is 0 Å². The molecule has 2 N–H and O–H groups in total. The maximum absolute atomic E-state index is 6.45. The van der Waals surface area contributed by atoms with E-state index in [1.54, 1.807) is 17.4 Å². The van der Waals surface area contributed by atoms with Gasteiger partial charge >= 0.3 is 0 Å². The minimum absolute atomic E-state index is 0.452. The summed E-state index contributed by atoms with van der Waals surface area (Å²) in [5.74, 6) is 1.52. The lowest BCUT2D eigenvalue weighted by molar-refractivity contribution is 0.122. The van der Waals surface area contributed by atoms with E-state index in [1.165, 1.54) is 0 Å². The fourth-order valence-electron chi connectivity index (χ4n) is 2.50. The Bertz CT molecular complexity index is 626. The van der Waals surface area contributed by atoms with Crippen LogP contribution in [-0.4, -0.2) is 36.3 Å². The van der Waals surface area contributed by atoms with E-state index in [1.807, 2.05) is 24.4 Å². The van der Waals surface area contributed by atoms with Crippen LogP contribution >= 0.6 is 22.9 Å². The van der Waals surface area contributed by atoms with E-state index in [4.69, 9.17) is 22.1 Å². The van der Waals surface area contributed by atoms with Crippen molar-refractivity contribution in [2.24, 2.45) is 5.73 Å². The molecule has 22 heavy (non-hydrogen) atoms. The van der Waals surface area contributed by atoms with Gasteiger partial charge in [0.05, 0.1) is 18.8 Å². The molecule has 1 saturated heterocycles. The molecule has 2 aromatic heterocycles. The number of nitrogens with zero attached hydrogens (tertiary/aromatic N) is 3. The zero-order valence-electron chi connectivity index (χ0n) is 12.5. The first-order valence-corrected chi connectivity index (χ1v) is 8.49. The molecule has 0 saturated carbocycles. The monoisotopic (exact) mass is 338 g/mol. The van der Waals surface area contributed by atoms with Crippen molar-refractivity contribution in [3.63, 3.8) is 0 Å². The van der Waals surface area contributed by atoms with Crippen molar-refractivity contribution in [3.8, 4) is 0 Å². The summed E-state index contributed by atoms with van der Waals surface area (Å²) >= 11 is 7.82. The van der Waals surface area contributed by atoms with Gasteiger partial charge in [-0.05, 0) is 18.4 Å². The Morgan fingerprint density at radius 2 is 2.18 bits per heavy atom. The van der Waals surface area contributed by atoms with E-state index in [2.05, 4.69) is 14.9 Å². The van der Waals surface area contributed by atoms with E-state index >= 15 is 0 Å². The fourth-order valence-corrected chi connectivity index (χ4v) is 3.50. The summed E-state index contributed by atoms with van der Waals surface area (Å²) in [5, 5.41) is 2.48. The van der Waals surface area contributed by atoms with E-state index in [-0.39, 0.29) is 0 Å². The molecule has 3 rings (SSSR count). The van der Waals surface area contributed by atoms with Crippen molar-refractivity contribution in [2.45, 2.75) is 18.9 Å². The quantitative estimate of drug-likeness (QED) is 0.867. The summed E-state index contributed by atoms with van der Waals surface area (Å²) in [7, 11) is 0. The highest BCUT2D eigenvalue weighted by molar-refractivity contribution is 7.10. The van der Waals surface area contributed by atoms with Crippen LogP contribution in [0, 0.1) is 0 Å². The summed E-state index contributed by atoms with van der Waals surface area (Å²) in [6, 6.07) is 5.84.